The molecule has 6 heteroatoms. The van der Waals surface area contributed by atoms with Gasteiger partial charge in [-0.15, -0.1) is 0 Å². The Bertz CT molecular complexity index is 605. The number of nitrogens with one attached hydrogen (secondary N) is 1. The van der Waals surface area contributed by atoms with Crippen LogP contribution in [-0.4, -0.2) is 22.3 Å². The maximum absolute atomic E-state index is 12.0. The molecule has 0 fully saturated rings. The van der Waals surface area contributed by atoms with E-state index in [0.29, 0.717) is 23.2 Å². The normalized spacial score (nSPS) is 12.2. The highest BCUT2D eigenvalue weighted by atomic mass is 16.6. The van der Waals surface area contributed by atoms with Crippen molar-refractivity contribution in [3.63, 3.8) is 0 Å². The second-order valence-corrected chi connectivity index (χ2v) is 5.17. The SMILES string of the molecule is Cc1nonc1NC(=O)C(C)Oc1ccc(C(C)C)cc1. The Morgan fingerprint density at radius 2 is 1.86 bits per heavy atom. The van der Waals surface area contributed by atoms with Crippen LogP contribution in [0.2, 0.25) is 0 Å². The lowest BCUT2D eigenvalue weighted by atomic mass is 10.0. The molecule has 0 aliphatic carbocycles. The maximum Gasteiger partial charge on any atom is 0.266 e. The molecule has 2 aromatic rings. The molecule has 0 aliphatic rings. The molecule has 112 valence electrons. The number of rotatable bonds is 5. The molecule has 1 atom stereocenters. The van der Waals surface area contributed by atoms with E-state index in [2.05, 4.69) is 34.1 Å². The van der Waals surface area contributed by atoms with Crippen molar-refractivity contribution in [2.45, 2.75) is 39.7 Å². The van der Waals surface area contributed by atoms with E-state index in [4.69, 9.17) is 4.74 Å². The van der Waals surface area contributed by atoms with Gasteiger partial charge < -0.3 is 10.1 Å². The van der Waals surface area contributed by atoms with E-state index >= 15 is 0 Å². The van der Waals surface area contributed by atoms with Gasteiger partial charge >= 0.3 is 0 Å². The summed E-state index contributed by atoms with van der Waals surface area (Å²) in [6, 6.07) is 7.72. The molecule has 0 spiro atoms. The summed E-state index contributed by atoms with van der Waals surface area (Å²) in [5, 5.41) is 9.81. The fourth-order valence-corrected chi connectivity index (χ4v) is 1.75. The summed E-state index contributed by atoms with van der Waals surface area (Å²) in [6.45, 7) is 7.62. The van der Waals surface area contributed by atoms with E-state index in [1.807, 2.05) is 24.3 Å². The van der Waals surface area contributed by atoms with Crippen LogP contribution < -0.4 is 10.1 Å². The lowest BCUT2D eigenvalue weighted by Gasteiger charge is -2.14. The molecule has 1 N–H and O–H groups in total. The highest BCUT2D eigenvalue weighted by Crippen LogP contribution is 2.19. The van der Waals surface area contributed by atoms with Gasteiger partial charge in [0.25, 0.3) is 5.91 Å². The Morgan fingerprint density at radius 3 is 2.38 bits per heavy atom. The molecule has 1 aromatic heterocycles. The van der Waals surface area contributed by atoms with Crippen LogP contribution in [0, 0.1) is 6.92 Å². The molecule has 0 saturated carbocycles. The molecule has 1 aromatic carbocycles. The minimum atomic E-state index is -0.647. The smallest absolute Gasteiger partial charge is 0.266 e. The summed E-state index contributed by atoms with van der Waals surface area (Å²) in [4.78, 5) is 12.0. The first-order valence-electron chi connectivity index (χ1n) is 6.84. The summed E-state index contributed by atoms with van der Waals surface area (Å²) < 4.78 is 10.1. The second-order valence-electron chi connectivity index (χ2n) is 5.17. The first-order chi connectivity index (χ1) is 9.97. The fourth-order valence-electron chi connectivity index (χ4n) is 1.75. The number of nitrogens with zero attached hydrogens (tertiary/aromatic N) is 2. The van der Waals surface area contributed by atoms with Crippen molar-refractivity contribution in [3.8, 4) is 5.75 Å². The molecule has 0 saturated heterocycles. The van der Waals surface area contributed by atoms with Crippen molar-refractivity contribution in [2.24, 2.45) is 0 Å². The first kappa shape index (κ1) is 15.0. The molecule has 2 rings (SSSR count). The third kappa shape index (κ3) is 3.81. The largest absolute Gasteiger partial charge is 0.481 e. The number of amides is 1. The van der Waals surface area contributed by atoms with E-state index < -0.39 is 6.10 Å². The molecule has 0 radical (unpaired) electrons. The van der Waals surface area contributed by atoms with Gasteiger partial charge in [0.05, 0.1) is 0 Å². The Kier molecular flexibility index (Phi) is 4.57. The molecule has 1 unspecified atom stereocenters. The Labute approximate surface area is 123 Å². The van der Waals surface area contributed by atoms with E-state index in [0.717, 1.165) is 0 Å². The van der Waals surface area contributed by atoms with Crippen LogP contribution in [-0.2, 0) is 4.79 Å². The zero-order valence-corrected chi connectivity index (χ0v) is 12.6. The van der Waals surface area contributed by atoms with Gasteiger partial charge in [-0.25, -0.2) is 4.63 Å². The first-order valence-corrected chi connectivity index (χ1v) is 6.84. The zero-order chi connectivity index (χ0) is 15.4. The Balaban J connectivity index is 1.95. The summed E-state index contributed by atoms with van der Waals surface area (Å²) in [7, 11) is 0. The molecule has 1 amide bonds. The number of hydrogen-bond acceptors (Lipinski definition) is 5. The summed E-state index contributed by atoms with van der Waals surface area (Å²) >= 11 is 0. The molecular weight excluding hydrogens is 270 g/mol. The fraction of sp³-hybridized carbons (Fsp3) is 0.400. The predicted molar refractivity (Wildman–Crippen MR) is 78.3 cm³/mol. The van der Waals surface area contributed by atoms with Crippen LogP contribution >= 0.6 is 0 Å². The molecule has 6 nitrogen and oxygen atoms in total. The number of hydrogen-bond donors (Lipinski definition) is 1. The topological polar surface area (TPSA) is 77.3 Å². The van der Waals surface area contributed by atoms with Crippen LogP contribution in [0.4, 0.5) is 5.82 Å². The Morgan fingerprint density at radius 1 is 1.19 bits per heavy atom. The van der Waals surface area contributed by atoms with Gasteiger partial charge in [-0.2, -0.15) is 0 Å². The van der Waals surface area contributed by atoms with Crippen LogP contribution in [0.5, 0.6) is 5.75 Å². The van der Waals surface area contributed by atoms with Gasteiger partial charge in [-0.3, -0.25) is 4.79 Å². The molecule has 0 bridgehead atoms. The van der Waals surface area contributed by atoms with Crippen molar-refractivity contribution in [1.29, 1.82) is 0 Å². The van der Waals surface area contributed by atoms with Crippen molar-refractivity contribution in [2.75, 3.05) is 5.32 Å². The monoisotopic (exact) mass is 289 g/mol. The van der Waals surface area contributed by atoms with Crippen LogP contribution in [0.25, 0.3) is 0 Å². The minimum Gasteiger partial charge on any atom is -0.481 e. The van der Waals surface area contributed by atoms with Gasteiger partial charge in [-0.05, 0) is 42.6 Å². The summed E-state index contributed by atoms with van der Waals surface area (Å²) in [5.74, 6) is 1.12. The number of aryl methyl sites for hydroxylation is 1. The molecule has 1 heterocycles. The average Bonchev–Trinajstić information content (AvgIpc) is 2.84. The third-order valence-electron chi connectivity index (χ3n) is 3.12. The summed E-state index contributed by atoms with van der Waals surface area (Å²) in [6.07, 6.45) is -0.647. The van der Waals surface area contributed by atoms with Crippen molar-refractivity contribution >= 4 is 11.7 Å². The molecular formula is C15H19N3O3. The second kappa shape index (κ2) is 6.39. The maximum atomic E-state index is 12.0. The van der Waals surface area contributed by atoms with E-state index in [1.165, 1.54) is 5.56 Å². The number of aromatic nitrogens is 2. The van der Waals surface area contributed by atoms with Crippen molar-refractivity contribution < 1.29 is 14.2 Å². The number of carbonyl (C=O) groups excluding carboxylic acids is 1. The van der Waals surface area contributed by atoms with Crippen LogP contribution in [0.15, 0.2) is 28.9 Å². The number of benzene rings is 1. The highest BCUT2D eigenvalue weighted by Gasteiger charge is 2.17. The highest BCUT2D eigenvalue weighted by molar-refractivity contribution is 5.93. The Hall–Kier alpha value is -2.37. The standard InChI is InChI=1S/C15H19N3O3/c1-9(2)12-5-7-13(8-6-12)20-11(4)15(19)16-14-10(3)17-21-18-14/h5-9,11H,1-4H3,(H,16,18,19). The third-order valence-corrected chi connectivity index (χ3v) is 3.12. The summed E-state index contributed by atoms with van der Waals surface area (Å²) in [5.41, 5.74) is 1.75. The number of ether oxygens (including phenoxy) is 1. The van der Waals surface area contributed by atoms with Gasteiger partial charge in [0.15, 0.2) is 11.9 Å². The van der Waals surface area contributed by atoms with Gasteiger partial charge in [0.2, 0.25) is 0 Å². The van der Waals surface area contributed by atoms with Crippen molar-refractivity contribution in [3.05, 3.63) is 35.5 Å². The van der Waals surface area contributed by atoms with Crippen LogP contribution in [0.3, 0.4) is 0 Å². The number of anilines is 1. The lowest BCUT2D eigenvalue weighted by Crippen LogP contribution is -2.30. The molecule has 0 aliphatic heterocycles. The lowest BCUT2D eigenvalue weighted by molar-refractivity contribution is -0.122. The number of carbonyl (C=O) groups is 1. The van der Waals surface area contributed by atoms with Gasteiger partial charge in [0, 0.05) is 0 Å². The predicted octanol–water partition coefficient (Wildman–Crippen LogP) is 2.91. The van der Waals surface area contributed by atoms with E-state index in [9.17, 15) is 4.79 Å². The van der Waals surface area contributed by atoms with Gasteiger partial charge in [-0.1, -0.05) is 31.1 Å². The van der Waals surface area contributed by atoms with Crippen molar-refractivity contribution in [1.82, 2.24) is 10.3 Å². The van der Waals surface area contributed by atoms with E-state index in [1.54, 1.807) is 13.8 Å². The van der Waals surface area contributed by atoms with Gasteiger partial charge in [0.1, 0.15) is 11.4 Å². The average molecular weight is 289 g/mol. The minimum absolute atomic E-state index is 0.304. The quantitative estimate of drug-likeness (QED) is 0.915. The molecule has 21 heavy (non-hydrogen) atoms. The van der Waals surface area contributed by atoms with Crippen LogP contribution in [0.1, 0.15) is 37.9 Å². The van der Waals surface area contributed by atoms with E-state index in [-0.39, 0.29) is 5.91 Å². The zero-order valence-electron chi connectivity index (χ0n) is 12.6.